The van der Waals surface area contributed by atoms with Crippen molar-refractivity contribution < 1.29 is 18.3 Å². The third-order valence-corrected chi connectivity index (χ3v) is 4.03. The van der Waals surface area contributed by atoms with Gasteiger partial charge in [0, 0.05) is 13.1 Å². The molecule has 2 rings (SSSR count). The molecule has 0 aliphatic carbocycles. The zero-order valence-corrected chi connectivity index (χ0v) is 12.0. The van der Waals surface area contributed by atoms with E-state index < -0.39 is 24.4 Å². The van der Waals surface area contributed by atoms with Gasteiger partial charge in [0.2, 0.25) is 0 Å². The van der Waals surface area contributed by atoms with Gasteiger partial charge in [-0.25, -0.2) is 4.79 Å². The van der Waals surface area contributed by atoms with Gasteiger partial charge < -0.3 is 10.1 Å². The number of hydrogen-bond acceptors (Lipinski definition) is 4. The Morgan fingerprint density at radius 3 is 2.60 bits per heavy atom. The van der Waals surface area contributed by atoms with Crippen LogP contribution in [0.3, 0.4) is 0 Å². The SMILES string of the molecule is CCCN(CC1CCNCC1)CC1CC(F)(F)C(=O)O1. The minimum absolute atomic E-state index is 0.430. The van der Waals surface area contributed by atoms with E-state index in [1.807, 2.05) is 0 Å². The standard InChI is InChI=1S/C14H24F2N2O2/c1-2-7-18(9-11-3-5-17-6-4-11)10-12-8-14(15,16)13(19)20-12/h11-12,17H,2-10H2,1H3. The maximum absolute atomic E-state index is 13.2. The summed E-state index contributed by atoms with van der Waals surface area (Å²) in [4.78, 5) is 13.2. The Morgan fingerprint density at radius 2 is 2.05 bits per heavy atom. The minimum Gasteiger partial charge on any atom is -0.456 e. The number of nitrogens with zero attached hydrogens (tertiary/aromatic N) is 1. The summed E-state index contributed by atoms with van der Waals surface area (Å²) in [6.45, 7) is 6.34. The highest BCUT2D eigenvalue weighted by Crippen LogP contribution is 2.31. The summed E-state index contributed by atoms with van der Waals surface area (Å²) in [6, 6.07) is 0. The highest BCUT2D eigenvalue weighted by Gasteiger charge is 2.50. The van der Waals surface area contributed by atoms with Crippen molar-refractivity contribution >= 4 is 5.97 Å². The Kier molecular flexibility index (Phi) is 5.32. The first-order chi connectivity index (χ1) is 9.51. The van der Waals surface area contributed by atoms with Crippen molar-refractivity contribution in [1.29, 1.82) is 0 Å². The topological polar surface area (TPSA) is 41.6 Å². The summed E-state index contributed by atoms with van der Waals surface area (Å²) in [5.74, 6) is -4.04. The number of hydrogen-bond donors (Lipinski definition) is 1. The van der Waals surface area contributed by atoms with Crippen LogP contribution in [0.5, 0.6) is 0 Å². The molecule has 2 heterocycles. The molecule has 2 aliphatic heterocycles. The van der Waals surface area contributed by atoms with Crippen LogP contribution in [0.2, 0.25) is 0 Å². The van der Waals surface area contributed by atoms with E-state index in [1.54, 1.807) is 0 Å². The first-order valence-corrected chi connectivity index (χ1v) is 7.53. The average molecular weight is 290 g/mol. The van der Waals surface area contributed by atoms with Gasteiger partial charge in [-0.15, -0.1) is 0 Å². The van der Waals surface area contributed by atoms with Crippen LogP contribution < -0.4 is 5.32 Å². The van der Waals surface area contributed by atoms with Crippen LogP contribution in [0.15, 0.2) is 0 Å². The molecular weight excluding hydrogens is 266 g/mol. The predicted octanol–water partition coefficient (Wildman–Crippen LogP) is 1.65. The molecule has 0 radical (unpaired) electrons. The molecule has 0 aromatic carbocycles. The zero-order chi connectivity index (χ0) is 14.6. The van der Waals surface area contributed by atoms with Crippen LogP contribution in [0.1, 0.15) is 32.6 Å². The van der Waals surface area contributed by atoms with Crippen LogP contribution in [0.4, 0.5) is 8.78 Å². The molecule has 20 heavy (non-hydrogen) atoms. The number of ether oxygens (including phenoxy) is 1. The highest BCUT2D eigenvalue weighted by atomic mass is 19.3. The molecule has 0 bridgehead atoms. The van der Waals surface area contributed by atoms with E-state index in [2.05, 4.69) is 17.1 Å². The molecular formula is C14H24F2N2O2. The fourth-order valence-electron chi connectivity index (χ4n) is 3.04. The van der Waals surface area contributed by atoms with E-state index >= 15 is 0 Å². The first kappa shape index (κ1) is 15.6. The van der Waals surface area contributed by atoms with Gasteiger partial charge in [-0.3, -0.25) is 4.90 Å². The number of esters is 1. The molecule has 0 amide bonds. The first-order valence-electron chi connectivity index (χ1n) is 7.53. The van der Waals surface area contributed by atoms with Crippen LogP contribution in [-0.2, 0) is 9.53 Å². The Bertz CT molecular complexity index is 333. The zero-order valence-electron chi connectivity index (χ0n) is 12.0. The monoisotopic (exact) mass is 290 g/mol. The van der Waals surface area contributed by atoms with E-state index in [1.165, 1.54) is 0 Å². The number of carbonyl (C=O) groups excluding carboxylic acids is 1. The maximum Gasteiger partial charge on any atom is 0.377 e. The number of rotatable bonds is 6. The molecule has 2 aliphatic rings. The second-order valence-corrected chi connectivity index (χ2v) is 5.89. The smallest absolute Gasteiger partial charge is 0.377 e. The molecule has 116 valence electrons. The highest BCUT2D eigenvalue weighted by molar-refractivity contribution is 5.79. The summed E-state index contributed by atoms with van der Waals surface area (Å²) in [6.07, 6.45) is 2.09. The fourth-order valence-corrected chi connectivity index (χ4v) is 3.04. The third kappa shape index (κ3) is 4.12. The molecule has 1 atom stereocenters. The lowest BCUT2D eigenvalue weighted by atomic mass is 9.97. The normalized spacial score (nSPS) is 27.0. The molecule has 0 spiro atoms. The summed E-state index contributed by atoms with van der Waals surface area (Å²) in [5.41, 5.74) is 0. The number of carbonyl (C=O) groups is 1. The van der Waals surface area contributed by atoms with Crippen molar-refractivity contribution in [3.05, 3.63) is 0 Å². The van der Waals surface area contributed by atoms with Gasteiger partial charge in [-0.2, -0.15) is 8.78 Å². The van der Waals surface area contributed by atoms with Crippen molar-refractivity contribution in [1.82, 2.24) is 10.2 Å². The van der Waals surface area contributed by atoms with Gasteiger partial charge in [-0.1, -0.05) is 6.92 Å². The Hall–Kier alpha value is -0.750. The van der Waals surface area contributed by atoms with Crippen molar-refractivity contribution in [3.8, 4) is 0 Å². The van der Waals surface area contributed by atoms with Crippen molar-refractivity contribution in [2.75, 3.05) is 32.7 Å². The Morgan fingerprint density at radius 1 is 1.35 bits per heavy atom. The van der Waals surface area contributed by atoms with Crippen LogP contribution in [0, 0.1) is 5.92 Å². The lowest BCUT2D eigenvalue weighted by molar-refractivity contribution is -0.159. The van der Waals surface area contributed by atoms with Gasteiger partial charge >= 0.3 is 11.9 Å². The maximum atomic E-state index is 13.2. The third-order valence-electron chi connectivity index (χ3n) is 4.03. The van der Waals surface area contributed by atoms with E-state index in [9.17, 15) is 13.6 Å². The van der Waals surface area contributed by atoms with Crippen molar-refractivity contribution in [2.45, 2.75) is 44.6 Å². The van der Waals surface area contributed by atoms with Gasteiger partial charge in [0.25, 0.3) is 0 Å². The fraction of sp³-hybridized carbons (Fsp3) is 0.929. The molecule has 1 N–H and O–H groups in total. The lowest BCUT2D eigenvalue weighted by Gasteiger charge is -2.31. The molecule has 4 nitrogen and oxygen atoms in total. The second kappa shape index (κ2) is 6.80. The number of nitrogens with one attached hydrogen (secondary N) is 1. The quantitative estimate of drug-likeness (QED) is 0.755. The molecule has 1 unspecified atom stereocenters. The van der Waals surface area contributed by atoms with Crippen molar-refractivity contribution in [2.24, 2.45) is 5.92 Å². The molecule has 6 heteroatoms. The van der Waals surface area contributed by atoms with Crippen LogP contribution in [0.25, 0.3) is 0 Å². The summed E-state index contributed by atoms with van der Waals surface area (Å²) >= 11 is 0. The number of halogens is 2. The molecule has 0 aromatic rings. The molecule has 2 saturated heterocycles. The van der Waals surface area contributed by atoms with E-state index in [-0.39, 0.29) is 0 Å². The average Bonchev–Trinajstić information content (AvgIpc) is 2.64. The Balaban J connectivity index is 1.84. The number of piperidine rings is 1. The van der Waals surface area contributed by atoms with Gasteiger partial charge in [0.05, 0.1) is 6.42 Å². The van der Waals surface area contributed by atoms with Gasteiger partial charge in [0.1, 0.15) is 6.10 Å². The molecule has 0 saturated carbocycles. The summed E-state index contributed by atoms with van der Waals surface area (Å²) in [7, 11) is 0. The Labute approximate surface area is 118 Å². The molecule has 0 aromatic heterocycles. The van der Waals surface area contributed by atoms with Gasteiger partial charge in [-0.05, 0) is 44.8 Å². The van der Waals surface area contributed by atoms with E-state index in [0.29, 0.717) is 12.5 Å². The van der Waals surface area contributed by atoms with E-state index in [4.69, 9.17) is 4.74 Å². The second-order valence-electron chi connectivity index (χ2n) is 5.89. The summed E-state index contributed by atoms with van der Waals surface area (Å²) in [5, 5.41) is 3.32. The largest absolute Gasteiger partial charge is 0.456 e. The van der Waals surface area contributed by atoms with Crippen molar-refractivity contribution in [3.63, 3.8) is 0 Å². The predicted molar refractivity (Wildman–Crippen MR) is 71.8 cm³/mol. The van der Waals surface area contributed by atoms with Gasteiger partial charge in [0.15, 0.2) is 0 Å². The number of cyclic esters (lactones) is 1. The lowest BCUT2D eigenvalue weighted by Crippen LogP contribution is -2.40. The van der Waals surface area contributed by atoms with Crippen LogP contribution >= 0.6 is 0 Å². The molecule has 2 fully saturated rings. The van der Waals surface area contributed by atoms with E-state index in [0.717, 1.165) is 45.4 Å². The summed E-state index contributed by atoms with van der Waals surface area (Å²) < 4.78 is 31.2. The van der Waals surface area contributed by atoms with Crippen LogP contribution in [-0.4, -0.2) is 55.6 Å². The minimum atomic E-state index is -3.29. The number of alkyl halides is 2.